The molecular formula is C12H21NO3S. The zero-order valence-corrected chi connectivity index (χ0v) is 11.3. The van der Waals surface area contributed by atoms with Crippen molar-refractivity contribution < 1.29 is 14.7 Å². The van der Waals surface area contributed by atoms with Gasteiger partial charge in [0, 0.05) is 12.2 Å². The third-order valence-electron chi connectivity index (χ3n) is 2.95. The number of hydrogen-bond donors (Lipinski definition) is 1. The van der Waals surface area contributed by atoms with E-state index < -0.39 is 12.0 Å². The molecule has 0 bridgehead atoms. The van der Waals surface area contributed by atoms with Crippen molar-refractivity contribution in [3.05, 3.63) is 0 Å². The van der Waals surface area contributed by atoms with Gasteiger partial charge < -0.3 is 10.0 Å². The highest BCUT2D eigenvalue weighted by Crippen LogP contribution is 2.33. The van der Waals surface area contributed by atoms with E-state index in [9.17, 15) is 9.59 Å². The second kappa shape index (κ2) is 6.89. The highest BCUT2D eigenvalue weighted by molar-refractivity contribution is 8.00. The number of carbonyl (C=O) groups is 2. The highest BCUT2D eigenvalue weighted by Gasteiger charge is 2.40. The number of amides is 1. The quantitative estimate of drug-likeness (QED) is 0.795. The lowest BCUT2D eigenvalue weighted by molar-refractivity contribution is -0.149. The van der Waals surface area contributed by atoms with E-state index in [-0.39, 0.29) is 11.3 Å². The number of carboxylic acids is 1. The maximum absolute atomic E-state index is 12.1. The number of thioether (sulfide) groups is 1. The molecule has 1 aliphatic heterocycles. The van der Waals surface area contributed by atoms with Gasteiger partial charge in [-0.2, -0.15) is 0 Å². The fraction of sp³-hybridized carbons (Fsp3) is 0.833. The molecule has 17 heavy (non-hydrogen) atoms. The summed E-state index contributed by atoms with van der Waals surface area (Å²) in [6.07, 6.45) is 4.13. The zero-order chi connectivity index (χ0) is 12.8. The van der Waals surface area contributed by atoms with Crippen LogP contribution in [0.3, 0.4) is 0 Å². The molecular weight excluding hydrogens is 238 g/mol. The Morgan fingerprint density at radius 2 is 2.06 bits per heavy atom. The van der Waals surface area contributed by atoms with Gasteiger partial charge in [0.25, 0.3) is 0 Å². The van der Waals surface area contributed by atoms with E-state index in [1.54, 1.807) is 16.7 Å². The van der Waals surface area contributed by atoms with Crippen LogP contribution < -0.4 is 0 Å². The predicted octanol–water partition coefficient (Wildman–Crippen LogP) is 2.33. The Morgan fingerprint density at radius 3 is 2.59 bits per heavy atom. The van der Waals surface area contributed by atoms with Crippen LogP contribution in [0.25, 0.3) is 0 Å². The summed E-state index contributed by atoms with van der Waals surface area (Å²) in [7, 11) is 0. The Labute approximate surface area is 107 Å². The van der Waals surface area contributed by atoms with Gasteiger partial charge in [0.05, 0.1) is 5.37 Å². The Morgan fingerprint density at radius 1 is 1.35 bits per heavy atom. The van der Waals surface area contributed by atoms with Gasteiger partial charge in [-0.05, 0) is 12.8 Å². The topological polar surface area (TPSA) is 57.6 Å². The van der Waals surface area contributed by atoms with Gasteiger partial charge in [0.15, 0.2) is 0 Å². The van der Waals surface area contributed by atoms with Crippen molar-refractivity contribution in [3.8, 4) is 0 Å². The molecule has 0 aromatic carbocycles. The number of carboxylic acid groups (broad SMARTS) is 1. The van der Waals surface area contributed by atoms with E-state index in [0.29, 0.717) is 12.2 Å². The van der Waals surface area contributed by atoms with Crippen LogP contribution in [0, 0.1) is 0 Å². The van der Waals surface area contributed by atoms with Gasteiger partial charge >= 0.3 is 5.97 Å². The van der Waals surface area contributed by atoms with Crippen LogP contribution in [0.2, 0.25) is 0 Å². The lowest BCUT2D eigenvalue weighted by atomic mass is 10.2. The van der Waals surface area contributed by atoms with E-state index in [1.807, 2.05) is 6.92 Å². The molecule has 1 amide bonds. The maximum Gasteiger partial charge on any atom is 0.327 e. The molecule has 1 N–H and O–H groups in total. The van der Waals surface area contributed by atoms with Gasteiger partial charge in [-0.3, -0.25) is 4.79 Å². The number of aliphatic carboxylic acids is 1. The molecule has 4 nitrogen and oxygen atoms in total. The number of rotatable bonds is 6. The second-order valence-electron chi connectivity index (χ2n) is 4.34. The minimum absolute atomic E-state index is 0.00250. The molecule has 0 saturated carbocycles. The van der Waals surface area contributed by atoms with Gasteiger partial charge in [-0.25, -0.2) is 4.79 Å². The van der Waals surface area contributed by atoms with E-state index in [0.717, 1.165) is 25.7 Å². The predicted molar refractivity (Wildman–Crippen MR) is 68.9 cm³/mol. The van der Waals surface area contributed by atoms with Crippen LogP contribution in [0.15, 0.2) is 0 Å². The summed E-state index contributed by atoms with van der Waals surface area (Å²) in [4.78, 5) is 24.8. The first-order chi connectivity index (χ1) is 8.11. The maximum atomic E-state index is 12.1. The zero-order valence-electron chi connectivity index (χ0n) is 10.5. The lowest BCUT2D eigenvalue weighted by Crippen LogP contribution is -2.45. The molecule has 1 rings (SSSR count). The van der Waals surface area contributed by atoms with Gasteiger partial charge in [0.2, 0.25) is 5.91 Å². The number of hydrogen-bond acceptors (Lipinski definition) is 3. The normalized spacial score (nSPS) is 24.0. The van der Waals surface area contributed by atoms with Crippen LogP contribution >= 0.6 is 11.8 Å². The number of nitrogens with zero attached hydrogens (tertiary/aromatic N) is 1. The molecule has 1 heterocycles. The second-order valence-corrected chi connectivity index (χ2v) is 5.55. The van der Waals surface area contributed by atoms with Crippen LogP contribution in [-0.2, 0) is 9.59 Å². The molecule has 0 radical (unpaired) electrons. The van der Waals surface area contributed by atoms with Gasteiger partial charge in [0.1, 0.15) is 6.04 Å². The van der Waals surface area contributed by atoms with Gasteiger partial charge in [-0.15, -0.1) is 11.8 Å². The van der Waals surface area contributed by atoms with E-state index in [4.69, 9.17) is 5.11 Å². The first-order valence-electron chi connectivity index (χ1n) is 6.27. The molecule has 0 unspecified atom stereocenters. The van der Waals surface area contributed by atoms with E-state index in [1.165, 1.54) is 0 Å². The molecule has 98 valence electrons. The van der Waals surface area contributed by atoms with E-state index >= 15 is 0 Å². The third kappa shape index (κ3) is 3.63. The van der Waals surface area contributed by atoms with Crippen LogP contribution in [0.5, 0.6) is 0 Å². The Kier molecular flexibility index (Phi) is 5.82. The minimum Gasteiger partial charge on any atom is -0.480 e. The standard InChI is InChI=1S/C12H21NO3S/c1-3-5-7-10(14)13-9(12(15)16)8-17-11(13)6-4-2/h9,11H,3-8H2,1-2H3,(H,15,16)/t9-,11-/m1/s1. The largest absolute Gasteiger partial charge is 0.480 e. The van der Waals surface area contributed by atoms with Crippen molar-refractivity contribution in [2.45, 2.75) is 57.4 Å². The average Bonchev–Trinajstić information content (AvgIpc) is 2.70. The first-order valence-corrected chi connectivity index (χ1v) is 7.32. The van der Waals surface area contributed by atoms with Crippen LogP contribution in [-0.4, -0.2) is 39.1 Å². The van der Waals surface area contributed by atoms with E-state index in [2.05, 4.69) is 6.92 Å². The van der Waals surface area contributed by atoms with Crippen molar-refractivity contribution in [1.82, 2.24) is 4.90 Å². The third-order valence-corrected chi connectivity index (χ3v) is 4.30. The average molecular weight is 259 g/mol. The van der Waals surface area contributed by atoms with Crippen LogP contribution in [0.4, 0.5) is 0 Å². The molecule has 0 aromatic heterocycles. The minimum atomic E-state index is -0.874. The molecule has 5 heteroatoms. The molecule has 1 aliphatic rings. The lowest BCUT2D eigenvalue weighted by Gasteiger charge is -2.27. The molecule has 0 aromatic rings. The summed E-state index contributed by atoms with van der Waals surface area (Å²) < 4.78 is 0. The molecule has 1 fully saturated rings. The Hall–Kier alpha value is -0.710. The Balaban J connectivity index is 2.70. The fourth-order valence-corrected chi connectivity index (χ4v) is 3.55. The molecule has 1 saturated heterocycles. The summed E-state index contributed by atoms with van der Waals surface area (Å²) in [6.45, 7) is 4.09. The molecule has 0 aliphatic carbocycles. The smallest absolute Gasteiger partial charge is 0.327 e. The van der Waals surface area contributed by atoms with Crippen molar-refractivity contribution >= 4 is 23.6 Å². The molecule has 2 atom stereocenters. The van der Waals surface area contributed by atoms with Crippen LogP contribution in [0.1, 0.15) is 46.0 Å². The monoisotopic (exact) mass is 259 g/mol. The highest BCUT2D eigenvalue weighted by atomic mass is 32.2. The first kappa shape index (κ1) is 14.4. The van der Waals surface area contributed by atoms with Gasteiger partial charge in [-0.1, -0.05) is 26.7 Å². The van der Waals surface area contributed by atoms with Crippen molar-refractivity contribution in [1.29, 1.82) is 0 Å². The number of carbonyl (C=O) groups excluding carboxylic acids is 1. The summed E-state index contributed by atoms with van der Waals surface area (Å²) in [5.41, 5.74) is 0. The summed E-state index contributed by atoms with van der Waals surface area (Å²) in [5, 5.41) is 9.20. The fourth-order valence-electron chi connectivity index (χ4n) is 2.01. The summed E-state index contributed by atoms with van der Waals surface area (Å²) in [5.74, 6) is -0.346. The van der Waals surface area contributed by atoms with Crippen molar-refractivity contribution in [2.75, 3.05) is 5.75 Å². The van der Waals surface area contributed by atoms with Crippen molar-refractivity contribution in [2.24, 2.45) is 0 Å². The summed E-state index contributed by atoms with van der Waals surface area (Å²) >= 11 is 1.60. The molecule has 0 spiro atoms. The van der Waals surface area contributed by atoms with Crippen molar-refractivity contribution in [3.63, 3.8) is 0 Å². The SMILES string of the molecule is CCCCC(=O)N1[C@@H](C(=O)O)CS[C@@H]1CCC. The number of unbranched alkanes of at least 4 members (excludes halogenated alkanes) is 1. The summed E-state index contributed by atoms with van der Waals surface area (Å²) in [6, 6.07) is -0.624. The Bertz CT molecular complexity index is 283.